The fourth-order valence-electron chi connectivity index (χ4n) is 2.34. The third-order valence-electron chi connectivity index (χ3n) is 3.24. The highest BCUT2D eigenvalue weighted by molar-refractivity contribution is 9.10. The van der Waals surface area contributed by atoms with E-state index < -0.39 is 5.60 Å². The van der Waals surface area contributed by atoms with Crippen molar-refractivity contribution in [2.75, 3.05) is 13.1 Å². The number of carbonyl (C=O) groups excluding carboxylic acids is 1. The van der Waals surface area contributed by atoms with E-state index in [1.165, 1.54) is 5.56 Å². The number of ether oxygens (including phenoxy) is 1. The summed E-state index contributed by atoms with van der Waals surface area (Å²) in [5.74, 6) is 0.328. The second-order valence-electron chi connectivity index (χ2n) is 6.08. The van der Waals surface area contributed by atoms with Crippen molar-refractivity contribution < 1.29 is 9.53 Å². The number of hydrogen-bond donors (Lipinski definition) is 0. The third kappa shape index (κ3) is 3.89. The predicted molar refractivity (Wildman–Crippen MR) is 84.3 cm³/mol. The summed E-state index contributed by atoms with van der Waals surface area (Å²) in [6, 6.07) is 5.81. The van der Waals surface area contributed by atoms with E-state index in [1.807, 2.05) is 39.0 Å². The van der Waals surface area contributed by atoms with Crippen molar-refractivity contribution in [1.82, 2.24) is 4.90 Å². The molecule has 0 N–H and O–H groups in total. The fraction of sp³-hybridized carbons (Fsp3) is 0.533. The van der Waals surface area contributed by atoms with Crippen LogP contribution in [0.25, 0.3) is 0 Å². The fourth-order valence-corrected chi connectivity index (χ4v) is 3.35. The Morgan fingerprint density at radius 2 is 2.15 bits per heavy atom. The Balaban J connectivity index is 2.03. The summed E-state index contributed by atoms with van der Waals surface area (Å²) in [6.45, 7) is 7.07. The van der Waals surface area contributed by atoms with Crippen molar-refractivity contribution in [2.24, 2.45) is 0 Å². The molecule has 0 aromatic heterocycles. The van der Waals surface area contributed by atoms with Crippen LogP contribution in [0, 0.1) is 0 Å². The van der Waals surface area contributed by atoms with Crippen LogP contribution in [0.4, 0.5) is 4.79 Å². The van der Waals surface area contributed by atoms with Gasteiger partial charge in [-0.2, -0.15) is 0 Å². The lowest BCUT2D eigenvalue weighted by Gasteiger charge is -2.24. The van der Waals surface area contributed by atoms with Crippen molar-refractivity contribution in [2.45, 2.75) is 38.7 Å². The number of benzene rings is 1. The van der Waals surface area contributed by atoms with Gasteiger partial charge in [-0.15, -0.1) is 0 Å². The number of likely N-dealkylation sites (tertiary alicyclic amines) is 1. The molecule has 1 amide bonds. The summed E-state index contributed by atoms with van der Waals surface area (Å²) < 4.78 is 6.41. The van der Waals surface area contributed by atoms with Gasteiger partial charge in [-0.25, -0.2) is 4.79 Å². The zero-order valence-electron chi connectivity index (χ0n) is 12.0. The largest absolute Gasteiger partial charge is 0.444 e. The maximum absolute atomic E-state index is 12.0. The Hall–Kier alpha value is -0.740. The van der Waals surface area contributed by atoms with E-state index in [0.717, 1.165) is 17.4 Å². The molecule has 2 rings (SSSR count). The minimum Gasteiger partial charge on any atom is -0.444 e. The van der Waals surface area contributed by atoms with Gasteiger partial charge in [0, 0.05) is 28.5 Å². The van der Waals surface area contributed by atoms with E-state index in [4.69, 9.17) is 16.3 Å². The summed E-state index contributed by atoms with van der Waals surface area (Å²) in [4.78, 5) is 13.8. The van der Waals surface area contributed by atoms with Gasteiger partial charge < -0.3 is 9.64 Å². The molecule has 1 aliphatic rings. The molecule has 1 aromatic rings. The van der Waals surface area contributed by atoms with Gasteiger partial charge in [0.1, 0.15) is 5.60 Å². The summed E-state index contributed by atoms with van der Waals surface area (Å²) in [7, 11) is 0. The van der Waals surface area contributed by atoms with E-state index >= 15 is 0 Å². The summed E-state index contributed by atoms with van der Waals surface area (Å²) >= 11 is 9.50. The second kappa shape index (κ2) is 5.94. The van der Waals surface area contributed by atoms with Crippen LogP contribution < -0.4 is 0 Å². The molecule has 1 aromatic carbocycles. The summed E-state index contributed by atoms with van der Waals surface area (Å²) in [5.41, 5.74) is 0.746. The number of amides is 1. The van der Waals surface area contributed by atoms with Crippen LogP contribution >= 0.6 is 27.5 Å². The van der Waals surface area contributed by atoms with Crippen LogP contribution in [0.15, 0.2) is 22.7 Å². The van der Waals surface area contributed by atoms with Crippen molar-refractivity contribution in [1.29, 1.82) is 0 Å². The lowest BCUT2D eigenvalue weighted by atomic mass is 9.99. The van der Waals surface area contributed by atoms with Crippen LogP contribution in [-0.2, 0) is 4.74 Å². The molecule has 1 heterocycles. The van der Waals surface area contributed by atoms with E-state index in [0.29, 0.717) is 17.5 Å². The van der Waals surface area contributed by atoms with Crippen LogP contribution in [0.5, 0.6) is 0 Å². The normalized spacial score (nSPS) is 19.2. The molecule has 1 atom stereocenters. The maximum Gasteiger partial charge on any atom is 0.410 e. The standard InChI is InChI=1S/C15H19BrClNO2/c1-15(2,3)20-14(19)18-7-6-10(9-18)12-5-4-11(17)8-13(12)16/h4-5,8,10H,6-7,9H2,1-3H3. The molecule has 1 saturated heterocycles. The molecule has 0 bridgehead atoms. The van der Waals surface area contributed by atoms with E-state index in [2.05, 4.69) is 15.9 Å². The van der Waals surface area contributed by atoms with Crippen molar-refractivity contribution in [3.63, 3.8) is 0 Å². The second-order valence-corrected chi connectivity index (χ2v) is 7.37. The Morgan fingerprint density at radius 3 is 2.75 bits per heavy atom. The molecular weight excluding hydrogens is 342 g/mol. The van der Waals surface area contributed by atoms with Crippen molar-refractivity contribution >= 4 is 33.6 Å². The van der Waals surface area contributed by atoms with Gasteiger partial charge in [0.15, 0.2) is 0 Å². The van der Waals surface area contributed by atoms with Crippen molar-refractivity contribution in [3.8, 4) is 0 Å². The molecule has 1 fully saturated rings. The monoisotopic (exact) mass is 359 g/mol. The zero-order valence-corrected chi connectivity index (χ0v) is 14.3. The van der Waals surface area contributed by atoms with Gasteiger partial charge in [0.05, 0.1) is 0 Å². The number of hydrogen-bond acceptors (Lipinski definition) is 2. The van der Waals surface area contributed by atoms with Crippen LogP contribution in [0.1, 0.15) is 38.7 Å². The first-order chi connectivity index (χ1) is 9.26. The number of carbonyl (C=O) groups is 1. The van der Waals surface area contributed by atoms with Gasteiger partial charge in [0.25, 0.3) is 0 Å². The van der Waals surface area contributed by atoms with Gasteiger partial charge >= 0.3 is 6.09 Å². The molecule has 3 nitrogen and oxygen atoms in total. The first kappa shape index (κ1) is 15.6. The molecule has 20 heavy (non-hydrogen) atoms. The SMILES string of the molecule is CC(C)(C)OC(=O)N1CCC(c2ccc(Cl)cc2Br)C1. The minimum absolute atomic E-state index is 0.231. The van der Waals surface area contributed by atoms with Gasteiger partial charge in [-0.1, -0.05) is 33.6 Å². The topological polar surface area (TPSA) is 29.5 Å². The lowest BCUT2D eigenvalue weighted by molar-refractivity contribution is 0.0292. The van der Waals surface area contributed by atoms with E-state index in [9.17, 15) is 4.79 Å². The Kier molecular flexibility index (Phi) is 4.65. The van der Waals surface area contributed by atoms with Crippen molar-refractivity contribution in [3.05, 3.63) is 33.3 Å². The quantitative estimate of drug-likeness (QED) is 0.718. The van der Waals surface area contributed by atoms with Crippen LogP contribution in [-0.4, -0.2) is 29.7 Å². The maximum atomic E-state index is 12.0. The Bertz CT molecular complexity index is 513. The third-order valence-corrected chi connectivity index (χ3v) is 4.16. The molecule has 0 saturated carbocycles. The molecule has 0 spiro atoms. The first-order valence-electron chi connectivity index (χ1n) is 6.69. The zero-order chi connectivity index (χ0) is 14.9. The molecule has 1 aliphatic heterocycles. The highest BCUT2D eigenvalue weighted by atomic mass is 79.9. The van der Waals surface area contributed by atoms with Gasteiger partial charge in [0.2, 0.25) is 0 Å². The van der Waals surface area contributed by atoms with Gasteiger partial charge in [-0.3, -0.25) is 0 Å². The Morgan fingerprint density at radius 1 is 1.45 bits per heavy atom. The smallest absolute Gasteiger partial charge is 0.410 e. The van der Waals surface area contributed by atoms with Crippen LogP contribution in [0.3, 0.4) is 0 Å². The molecule has 1 unspecified atom stereocenters. The number of rotatable bonds is 1. The minimum atomic E-state index is -0.448. The number of halogens is 2. The summed E-state index contributed by atoms with van der Waals surface area (Å²) in [6.07, 6.45) is 0.713. The summed E-state index contributed by atoms with van der Waals surface area (Å²) in [5, 5.41) is 0.711. The van der Waals surface area contributed by atoms with E-state index in [1.54, 1.807) is 4.90 Å². The molecule has 5 heteroatoms. The molecule has 0 radical (unpaired) electrons. The molecule has 110 valence electrons. The number of nitrogens with zero attached hydrogens (tertiary/aromatic N) is 1. The molecular formula is C15H19BrClNO2. The highest BCUT2D eigenvalue weighted by Crippen LogP contribution is 2.34. The van der Waals surface area contributed by atoms with Crippen LogP contribution in [0.2, 0.25) is 5.02 Å². The average Bonchev–Trinajstić information content (AvgIpc) is 2.75. The Labute approximate surface area is 133 Å². The first-order valence-corrected chi connectivity index (χ1v) is 7.86. The van der Waals surface area contributed by atoms with E-state index in [-0.39, 0.29) is 6.09 Å². The predicted octanol–water partition coefficient (Wildman–Crippen LogP) is 4.83. The average molecular weight is 361 g/mol. The highest BCUT2D eigenvalue weighted by Gasteiger charge is 2.31. The molecule has 0 aliphatic carbocycles. The van der Waals surface area contributed by atoms with Gasteiger partial charge in [-0.05, 0) is 44.9 Å². The lowest BCUT2D eigenvalue weighted by Crippen LogP contribution is -2.35.